The number of aliphatic hydroxyl groups excluding tert-OH is 1. The van der Waals surface area contributed by atoms with E-state index in [2.05, 4.69) is 30.2 Å². The Kier molecular flexibility index (Phi) is 23.6. The molecule has 3 fully saturated rings. The van der Waals surface area contributed by atoms with Gasteiger partial charge in [-0.3, -0.25) is 9.59 Å². The molecule has 20 nitrogen and oxygen atoms in total. The Morgan fingerprint density at radius 3 is 1.69 bits per heavy atom. The summed E-state index contributed by atoms with van der Waals surface area (Å²) in [5.74, 6) is -2.53. The number of carbonyl (C=O) groups excluding carboxylic acids is 4. The molecule has 0 saturated carbocycles. The van der Waals surface area contributed by atoms with Crippen LogP contribution in [-0.4, -0.2) is 236 Å². The second kappa shape index (κ2) is 27.5. The third kappa shape index (κ3) is 20.4. The number of ether oxygens (including phenoxy) is 7. The average molecular weight is 953 g/mol. The van der Waals surface area contributed by atoms with Gasteiger partial charge in [0.05, 0.1) is 19.8 Å². The summed E-state index contributed by atoms with van der Waals surface area (Å²) in [6.45, 7) is 13.9. The fourth-order valence-corrected chi connectivity index (χ4v) is 7.52. The van der Waals surface area contributed by atoms with Crippen molar-refractivity contribution in [1.29, 1.82) is 0 Å². The van der Waals surface area contributed by atoms with Crippen LogP contribution in [0.15, 0.2) is 30.3 Å². The number of amides is 4. The van der Waals surface area contributed by atoms with Crippen LogP contribution in [0, 0.1) is 5.41 Å². The van der Waals surface area contributed by atoms with Gasteiger partial charge in [-0.15, -0.1) is 0 Å². The summed E-state index contributed by atoms with van der Waals surface area (Å²) in [5, 5.41) is 15.6. The summed E-state index contributed by atoms with van der Waals surface area (Å²) < 4.78 is 41.2. The number of fused-ring (bicyclic) bond motifs is 1. The number of hydrogen-bond acceptors (Lipinski definition) is 16. The highest BCUT2D eigenvalue weighted by Gasteiger charge is 2.61. The maximum absolute atomic E-state index is 13.4. The van der Waals surface area contributed by atoms with E-state index in [1.54, 1.807) is 30.9 Å². The molecule has 0 aromatic heterocycles. The first kappa shape index (κ1) is 57.6. The number of aliphatic hydroxyl groups is 1. The zero-order valence-electron chi connectivity index (χ0n) is 42.7. The quantitative estimate of drug-likeness (QED) is 0.121. The highest BCUT2D eigenvalue weighted by Crippen LogP contribution is 2.43. The number of carbonyl (C=O) groups is 4. The summed E-state index contributed by atoms with van der Waals surface area (Å²) in [5.41, 5.74) is -0.818. The Morgan fingerprint density at radius 2 is 1.21 bits per heavy atom. The van der Waals surface area contributed by atoms with Crippen LogP contribution >= 0.6 is 0 Å². The number of esters is 1. The molecule has 4 amide bonds. The number of nitrogens with zero attached hydrogens (tertiary/aromatic N) is 6. The van der Waals surface area contributed by atoms with Crippen LogP contribution in [0.2, 0.25) is 0 Å². The molecule has 20 heteroatoms. The van der Waals surface area contributed by atoms with Crippen LogP contribution in [-0.2, 0) is 42.7 Å². The second-order valence-electron chi connectivity index (χ2n) is 19.7. The first-order chi connectivity index (χ1) is 31.4. The SMILES string of the molecule is CN(C)CCCN(CCCN(C)C)C(=O)CNC(=O)Nc1ccccc1.CN(C)CCCN(CCCN(C)C)C(=O)OCC(C)(CO)C(=O)OC1O[C@H]([C@H]2COC(C)(C)O2)[C@@H]2OC(C)(C)O[C@H]12. The fourth-order valence-electron chi connectivity index (χ4n) is 7.52. The number of rotatable bonds is 25. The second-order valence-corrected chi connectivity index (χ2v) is 19.7. The molecular formula is C47H84N8O12. The first-order valence-electron chi connectivity index (χ1n) is 23.5. The van der Waals surface area contributed by atoms with Crippen molar-refractivity contribution in [3.63, 3.8) is 0 Å². The molecule has 0 radical (unpaired) electrons. The van der Waals surface area contributed by atoms with Gasteiger partial charge in [0, 0.05) is 31.9 Å². The molecule has 3 heterocycles. The van der Waals surface area contributed by atoms with Gasteiger partial charge in [-0.25, -0.2) is 9.59 Å². The van der Waals surface area contributed by atoms with Crippen molar-refractivity contribution < 1.29 is 57.4 Å². The average Bonchev–Trinajstić information content (AvgIpc) is 3.89. The van der Waals surface area contributed by atoms with E-state index in [9.17, 15) is 24.3 Å². The monoisotopic (exact) mass is 953 g/mol. The summed E-state index contributed by atoms with van der Waals surface area (Å²) >= 11 is 0. The predicted molar refractivity (Wildman–Crippen MR) is 254 cm³/mol. The zero-order valence-corrected chi connectivity index (χ0v) is 42.7. The highest BCUT2D eigenvalue weighted by atomic mass is 16.8. The molecule has 3 N–H and O–H groups in total. The summed E-state index contributed by atoms with van der Waals surface area (Å²) in [7, 11) is 16.0. The highest BCUT2D eigenvalue weighted by molar-refractivity contribution is 5.92. The molecule has 67 heavy (non-hydrogen) atoms. The normalized spacial score (nSPS) is 22.5. The fraction of sp³-hybridized carbons (Fsp3) is 0.787. The van der Waals surface area contributed by atoms with Crippen molar-refractivity contribution in [1.82, 2.24) is 34.7 Å². The molecule has 1 aromatic carbocycles. The van der Waals surface area contributed by atoms with Gasteiger partial charge < -0.3 is 78.3 Å². The predicted octanol–water partition coefficient (Wildman–Crippen LogP) is 2.81. The Balaban J connectivity index is 0.000000395. The molecule has 3 aliphatic rings. The lowest BCUT2D eigenvalue weighted by molar-refractivity contribution is -0.249. The molecule has 384 valence electrons. The van der Waals surface area contributed by atoms with E-state index in [4.69, 9.17) is 33.2 Å². The van der Waals surface area contributed by atoms with Crippen LogP contribution in [0.3, 0.4) is 0 Å². The van der Waals surface area contributed by atoms with Gasteiger partial charge in [-0.1, -0.05) is 18.2 Å². The first-order valence-corrected chi connectivity index (χ1v) is 23.5. The molecule has 4 rings (SSSR count). The van der Waals surface area contributed by atoms with E-state index < -0.39 is 66.4 Å². The van der Waals surface area contributed by atoms with Crippen LogP contribution in [0.25, 0.3) is 0 Å². The maximum atomic E-state index is 13.4. The Bertz CT molecular complexity index is 1630. The molecule has 6 atom stereocenters. The molecule has 0 aliphatic carbocycles. The number of anilines is 1. The topological polar surface area (TPSA) is 197 Å². The molecule has 0 spiro atoms. The minimum absolute atomic E-state index is 0.00257. The molecule has 1 aromatic rings. The lowest BCUT2D eigenvalue weighted by Gasteiger charge is -2.30. The van der Waals surface area contributed by atoms with Crippen molar-refractivity contribution in [3.8, 4) is 0 Å². The van der Waals surface area contributed by atoms with Crippen LogP contribution in [0.4, 0.5) is 15.3 Å². The van der Waals surface area contributed by atoms with Crippen molar-refractivity contribution in [2.24, 2.45) is 5.41 Å². The summed E-state index contributed by atoms with van der Waals surface area (Å²) in [4.78, 5) is 62.7. The lowest BCUT2D eigenvalue weighted by atomic mass is 9.93. The van der Waals surface area contributed by atoms with Gasteiger partial charge in [0.15, 0.2) is 17.7 Å². The van der Waals surface area contributed by atoms with E-state index in [1.165, 1.54) is 6.92 Å². The van der Waals surface area contributed by atoms with Crippen molar-refractivity contribution >= 4 is 29.7 Å². The molecule has 3 saturated heterocycles. The summed E-state index contributed by atoms with van der Waals surface area (Å²) in [6, 6.07) is 8.81. The van der Waals surface area contributed by atoms with Crippen molar-refractivity contribution in [2.75, 3.05) is 140 Å². The third-order valence-corrected chi connectivity index (χ3v) is 11.2. The lowest BCUT2D eigenvalue weighted by Crippen LogP contribution is -2.44. The van der Waals surface area contributed by atoms with E-state index in [1.807, 2.05) is 93.3 Å². The maximum Gasteiger partial charge on any atom is 0.409 e. The summed E-state index contributed by atoms with van der Waals surface area (Å²) in [6.07, 6.45) is -0.582. The number of para-hydroxylation sites is 1. The van der Waals surface area contributed by atoms with E-state index >= 15 is 0 Å². The number of urea groups is 1. The molecule has 2 unspecified atom stereocenters. The van der Waals surface area contributed by atoms with E-state index in [0.29, 0.717) is 31.9 Å². The minimum Gasteiger partial charge on any atom is -0.448 e. The van der Waals surface area contributed by atoms with Crippen LogP contribution in [0.5, 0.6) is 0 Å². The Morgan fingerprint density at radius 1 is 0.701 bits per heavy atom. The standard InChI is InChI=1S/C28H51N3O10.C19H33N5O2/c1-26(2)36-16-19(39-26)20-21-22(41-27(3,4)40-21)23(37-20)38-24(33)28(5,17-32)18-35-25(34)31(14-10-12-29(6)7)15-11-13-30(8)9;1-22(2)12-8-14-24(15-9-13-23(3)4)18(25)16-20-19(26)21-17-10-6-5-7-11-17/h19-23,32H,10-18H2,1-9H3;5-7,10-11H,8-9,12-16H2,1-4H3,(H2,20,21,26)/t19-,20-,21+,22+,23?,28?;/m1./s1. The number of hydrogen-bond donors (Lipinski definition) is 3. The Labute approximate surface area is 399 Å². The van der Waals surface area contributed by atoms with E-state index in [-0.39, 0.29) is 31.7 Å². The van der Waals surface area contributed by atoms with Gasteiger partial charge in [0.25, 0.3) is 0 Å². The molecular weight excluding hydrogens is 869 g/mol. The number of nitrogens with one attached hydrogen (secondary N) is 2. The van der Waals surface area contributed by atoms with Crippen molar-refractivity contribution in [3.05, 3.63) is 30.3 Å². The smallest absolute Gasteiger partial charge is 0.409 e. The third-order valence-electron chi connectivity index (χ3n) is 11.2. The minimum atomic E-state index is -1.52. The number of benzene rings is 1. The largest absolute Gasteiger partial charge is 0.448 e. The van der Waals surface area contributed by atoms with Crippen LogP contribution in [0.1, 0.15) is 60.3 Å². The van der Waals surface area contributed by atoms with Gasteiger partial charge >= 0.3 is 18.1 Å². The zero-order chi connectivity index (χ0) is 50.0. The molecule has 0 bridgehead atoms. The van der Waals surface area contributed by atoms with E-state index in [0.717, 1.165) is 51.9 Å². The van der Waals surface area contributed by atoms with Gasteiger partial charge in [0.1, 0.15) is 30.3 Å². The van der Waals surface area contributed by atoms with Crippen LogP contribution < -0.4 is 10.6 Å². The van der Waals surface area contributed by atoms with Crippen molar-refractivity contribution in [2.45, 2.75) is 103 Å². The molecule has 3 aliphatic heterocycles. The van der Waals surface area contributed by atoms with Gasteiger partial charge in [-0.2, -0.15) is 0 Å². The van der Waals surface area contributed by atoms with Gasteiger partial charge in [-0.05, 0) is 155 Å². The Hall–Kier alpha value is -3.70. The van der Waals surface area contributed by atoms with Gasteiger partial charge in [0.2, 0.25) is 12.2 Å².